The highest BCUT2D eigenvalue weighted by atomic mass is 79.9. The summed E-state index contributed by atoms with van der Waals surface area (Å²) in [5, 5.41) is 0. The molecule has 1 aliphatic rings. The Labute approximate surface area is 132 Å². The van der Waals surface area contributed by atoms with Crippen molar-refractivity contribution in [2.45, 2.75) is 84.0 Å². The molecule has 1 heterocycles. The average Bonchev–Trinajstić information content (AvgIpc) is 2.38. The molecule has 0 aromatic rings. The number of likely N-dealkylation sites (tertiary alicyclic amines) is 1. The summed E-state index contributed by atoms with van der Waals surface area (Å²) in [6, 6.07) is 0. The molecule has 0 spiro atoms. The number of piperidine rings is 1. The lowest BCUT2D eigenvalue weighted by Crippen LogP contribution is -3.00. The molecule has 1 fully saturated rings. The van der Waals surface area contributed by atoms with Crippen LogP contribution in [0, 0.1) is 0 Å². The van der Waals surface area contributed by atoms with Crippen LogP contribution in [0.5, 0.6) is 0 Å². The summed E-state index contributed by atoms with van der Waals surface area (Å²) in [6.07, 6.45) is 17.5. The Kier molecular flexibility index (Phi) is 12.5. The molecule has 0 unspecified atom stereocenters. The fourth-order valence-electron chi connectivity index (χ4n) is 3.30. The molecular weight excluding hydrogens is 298 g/mol. The van der Waals surface area contributed by atoms with Gasteiger partial charge in [0, 0.05) is 0 Å². The Morgan fingerprint density at radius 2 is 1.16 bits per heavy atom. The average molecular weight is 334 g/mol. The molecule has 0 aromatic heterocycles. The molecule has 1 saturated heterocycles. The van der Waals surface area contributed by atoms with Crippen molar-refractivity contribution in [1.29, 1.82) is 0 Å². The van der Waals surface area contributed by atoms with Gasteiger partial charge < -0.3 is 21.5 Å². The van der Waals surface area contributed by atoms with Gasteiger partial charge in [-0.15, -0.1) is 0 Å². The van der Waals surface area contributed by atoms with E-state index in [0.717, 1.165) is 0 Å². The van der Waals surface area contributed by atoms with Gasteiger partial charge in [0.05, 0.1) is 26.7 Å². The van der Waals surface area contributed by atoms with Gasteiger partial charge >= 0.3 is 0 Å². The number of unbranched alkanes of at least 4 members (excludes halogenated alkanes) is 8. The molecule has 116 valence electrons. The van der Waals surface area contributed by atoms with Crippen LogP contribution in [0.2, 0.25) is 0 Å². The molecule has 0 N–H and O–H groups in total. The van der Waals surface area contributed by atoms with E-state index < -0.39 is 0 Å². The second kappa shape index (κ2) is 12.2. The van der Waals surface area contributed by atoms with Gasteiger partial charge in [-0.05, 0) is 32.1 Å². The molecule has 0 aromatic carbocycles. The lowest BCUT2D eigenvalue weighted by molar-refractivity contribution is -0.914. The van der Waals surface area contributed by atoms with Crippen molar-refractivity contribution < 1.29 is 21.5 Å². The van der Waals surface area contributed by atoms with Crippen LogP contribution in [0.25, 0.3) is 0 Å². The van der Waals surface area contributed by atoms with E-state index in [1.54, 1.807) is 0 Å². The molecule has 1 nitrogen and oxygen atoms in total. The van der Waals surface area contributed by atoms with Crippen LogP contribution in [0.15, 0.2) is 0 Å². The smallest absolute Gasteiger partial charge is 0.0784 e. The van der Waals surface area contributed by atoms with Crippen LogP contribution < -0.4 is 17.0 Å². The SMILES string of the molecule is CCCCCCCCCCC[N+]1(C)CCCCC1.[Br-]. The van der Waals surface area contributed by atoms with Crippen molar-refractivity contribution in [2.24, 2.45) is 0 Å². The summed E-state index contributed by atoms with van der Waals surface area (Å²) in [4.78, 5) is 0. The summed E-state index contributed by atoms with van der Waals surface area (Å²) < 4.78 is 1.37. The second-order valence-electron chi connectivity index (χ2n) is 6.68. The van der Waals surface area contributed by atoms with Gasteiger partial charge in [-0.1, -0.05) is 51.9 Å². The largest absolute Gasteiger partial charge is 1.00 e. The van der Waals surface area contributed by atoms with Crippen molar-refractivity contribution in [3.63, 3.8) is 0 Å². The Morgan fingerprint density at radius 3 is 1.68 bits per heavy atom. The molecule has 0 radical (unpaired) electrons. The lowest BCUT2D eigenvalue weighted by Gasteiger charge is -2.37. The van der Waals surface area contributed by atoms with E-state index in [1.165, 1.54) is 101 Å². The van der Waals surface area contributed by atoms with Crippen molar-refractivity contribution in [1.82, 2.24) is 0 Å². The van der Waals surface area contributed by atoms with Crippen LogP contribution in [-0.2, 0) is 0 Å². The second-order valence-corrected chi connectivity index (χ2v) is 6.68. The van der Waals surface area contributed by atoms with Crippen LogP contribution in [0.1, 0.15) is 84.0 Å². The van der Waals surface area contributed by atoms with E-state index >= 15 is 0 Å². The number of rotatable bonds is 10. The first-order chi connectivity index (χ1) is 8.77. The Morgan fingerprint density at radius 1 is 0.684 bits per heavy atom. The van der Waals surface area contributed by atoms with Gasteiger partial charge in [-0.3, -0.25) is 0 Å². The maximum absolute atomic E-state index is 2.48. The number of hydrogen-bond acceptors (Lipinski definition) is 0. The fraction of sp³-hybridized carbons (Fsp3) is 1.00. The van der Waals surface area contributed by atoms with Crippen LogP contribution in [-0.4, -0.2) is 31.2 Å². The predicted octanol–water partition coefficient (Wildman–Crippen LogP) is 2.15. The molecular formula is C17H36BrN. The van der Waals surface area contributed by atoms with Crippen molar-refractivity contribution in [3.05, 3.63) is 0 Å². The Hall–Kier alpha value is 0.440. The minimum Gasteiger partial charge on any atom is -1.00 e. The maximum Gasteiger partial charge on any atom is 0.0784 e. The minimum absolute atomic E-state index is 0. The van der Waals surface area contributed by atoms with E-state index in [9.17, 15) is 0 Å². The highest BCUT2D eigenvalue weighted by Crippen LogP contribution is 2.18. The Balaban J connectivity index is 0.00000324. The van der Waals surface area contributed by atoms with E-state index in [1.807, 2.05) is 0 Å². The zero-order valence-corrected chi connectivity index (χ0v) is 15.0. The molecule has 0 atom stereocenters. The zero-order valence-electron chi connectivity index (χ0n) is 13.4. The van der Waals surface area contributed by atoms with Gasteiger partial charge in [0.2, 0.25) is 0 Å². The van der Waals surface area contributed by atoms with E-state index in [0.29, 0.717) is 0 Å². The highest BCUT2D eigenvalue weighted by Gasteiger charge is 2.23. The summed E-state index contributed by atoms with van der Waals surface area (Å²) in [5.41, 5.74) is 0. The third-order valence-corrected chi connectivity index (χ3v) is 4.70. The number of quaternary nitrogens is 1. The molecule has 2 heteroatoms. The molecule has 0 bridgehead atoms. The molecule has 1 rings (SSSR count). The van der Waals surface area contributed by atoms with Gasteiger partial charge in [-0.25, -0.2) is 0 Å². The van der Waals surface area contributed by atoms with Crippen molar-refractivity contribution >= 4 is 0 Å². The first kappa shape index (κ1) is 19.4. The van der Waals surface area contributed by atoms with Gasteiger partial charge in [0.15, 0.2) is 0 Å². The van der Waals surface area contributed by atoms with E-state index in [4.69, 9.17) is 0 Å². The summed E-state index contributed by atoms with van der Waals surface area (Å²) in [6.45, 7) is 6.62. The van der Waals surface area contributed by atoms with E-state index in [2.05, 4.69) is 14.0 Å². The number of hydrogen-bond donors (Lipinski definition) is 0. The monoisotopic (exact) mass is 333 g/mol. The lowest BCUT2D eigenvalue weighted by atomic mass is 10.1. The van der Waals surface area contributed by atoms with Crippen LogP contribution in [0.4, 0.5) is 0 Å². The van der Waals surface area contributed by atoms with Gasteiger partial charge in [-0.2, -0.15) is 0 Å². The zero-order chi connectivity index (χ0) is 13.1. The predicted molar refractivity (Wildman–Crippen MR) is 81.9 cm³/mol. The molecule has 1 aliphatic heterocycles. The number of nitrogens with zero attached hydrogens (tertiary/aromatic N) is 1. The number of halogens is 1. The summed E-state index contributed by atoms with van der Waals surface area (Å²) >= 11 is 0. The molecule has 0 saturated carbocycles. The quantitative estimate of drug-likeness (QED) is 0.424. The van der Waals surface area contributed by atoms with Crippen LogP contribution in [0.3, 0.4) is 0 Å². The Bertz CT molecular complexity index is 188. The van der Waals surface area contributed by atoms with Crippen molar-refractivity contribution in [3.8, 4) is 0 Å². The molecule has 0 aliphatic carbocycles. The minimum atomic E-state index is 0. The van der Waals surface area contributed by atoms with Crippen molar-refractivity contribution in [2.75, 3.05) is 26.7 Å². The fourth-order valence-corrected chi connectivity index (χ4v) is 3.30. The summed E-state index contributed by atoms with van der Waals surface area (Å²) in [5.74, 6) is 0. The van der Waals surface area contributed by atoms with Gasteiger partial charge in [0.1, 0.15) is 0 Å². The molecule has 0 amide bonds. The topological polar surface area (TPSA) is 0 Å². The maximum atomic E-state index is 2.48. The first-order valence-electron chi connectivity index (χ1n) is 8.60. The summed E-state index contributed by atoms with van der Waals surface area (Å²) in [7, 11) is 2.48. The van der Waals surface area contributed by atoms with Gasteiger partial charge in [0.25, 0.3) is 0 Å². The third kappa shape index (κ3) is 9.90. The normalized spacial score (nSPS) is 18.0. The first-order valence-corrected chi connectivity index (χ1v) is 8.60. The van der Waals surface area contributed by atoms with Crippen LogP contribution >= 0.6 is 0 Å². The standard InChI is InChI=1S/C17H36N.BrH/c1-3-4-5-6-7-8-9-10-12-15-18(2)16-13-11-14-17-18;/h3-17H2,1-2H3;1H/q+1;/p-1. The van der Waals surface area contributed by atoms with E-state index in [-0.39, 0.29) is 17.0 Å². The highest BCUT2D eigenvalue weighted by molar-refractivity contribution is 4.53. The molecule has 19 heavy (non-hydrogen) atoms. The third-order valence-electron chi connectivity index (χ3n) is 4.70.